The van der Waals surface area contributed by atoms with E-state index in [1.54, 1.807) is 0 Å². The van der Waals surface area contributed by atoms with E-state index < -0.39 is 0 Å². The maximum Gasteiger partial charge on any atom is 0.222 e. The summed E-state index contributed by atoms with van der Waals surface area (Å²) in [7, 11) is 0. The normalized spacial score (nSPS) is 20.5. The number of carbonyl (C=O) groups excluding carboxylic acids is 2. The van der Waals surface area contributed by atoms with E-state index in [0.29, 0.717) is 37.9 Å². The molecule has 0 atom stereocenters. The van der Waals surface area contributed by atoms with Crippen LogP contribution in [0.5, 0.6) is 0 Å². The molecule has 2 aliphatic heterocycles. The van der Waals surface area contributed by atoms with Gasteiger partial charge in [0.15, 0.2) is 0 Å². The Hall–Kier alpha value is -1.10. The summed E-state index contributed by atoms with van der Waals surface area (Å²) in [5.74, 6) is 0.615. The fourth-order valence-electron chi connectivity index (χ4n) is 3.37. The van der Waals surface area contributed by atoms with Crippen molar-refractivity contribution >= 4 is 11.8 Å². The van der Waals surface area contributed by atoms with Crippen LogP contribution in [0, 0.1) is 0 Å². The van der Waals surface area contributed by atoms with E-state index in [-0.39, 0.29) is 0 Å². The number of rotatable bonds is 8. The van der Waals surface area contributed by atoms with Gasteiger partial charge in [0.25, 0.3) is 0 Å². The lowest BCUT2D eigenvalue weighted by Crippen LogP contribution is -2.32. The van der Waals surface area contributed by atoms with Crippen LogP contribution in [0.4, 0.5) is 0 Å². The Balaban J connectivity index is 1.49. The van der Waals surface area contributed by atoms with Crippen LogP contribution in [-0.2, 0) is 14.3 Å². The van der Waals surface area contributed by atoms with Crippen LogP contribution in [-0.4, -0.2) is 61.0 Å². The molecule has 2 heterocycles. The van der Waals surface area contributed by atoms with E-state index in [1.165, 1.54) is 12.8 Å². The SMILES string of the molecule is O=C1CCCCCN1CCCOCCCN1CCCCCC1=O. The lowest BCUT2D eigenvalue weighted by atomic mass is 10.2. The molecule has 132 valence electrons. The second-order valence-corrected chi connectivity index (χ2v) is 6.70. The van der Waals surface area contributed by atoms with Crippen LogP contribution in [0.25, 0.3) is 0 Å². The third kappa shape index (κ3) is 6.90. The lowest BCUT2D eigenvalue weighted by molar-refractivity contribution is -0.131. The highest BCUT2D eigenvalue weighted by molar-refractivity contribution is 5.76. The first-order valence-corrected chi connectivity index (χ1v) is 9.40. The van der Waals surface area contributed by atoms with Crippen LogP contribution in [0.15, 0.2) is 0 Å². The third-order valence-electron chi connectivity index (χ3n) is 4.78. The van der Waals surface area contributed by atoms with Crippen molar-refractivity contribution in [1.82, 2.24) is 9.80 Å². The monoisotopic (exact) mass is 324 g/mol. The smallest absolute Gasteiger partial charge is 0.222 e. The van der Waals surface area contributed by atoms with Gasteiger partial charge in [-0.1, -0.05) is 12.8 Å². The zero-order valence-corrected chi connectivity index (χ0v) is 14.4. The number of ether oxygens (including phenoxy) is 1. The van der Waals surface area contributed by atoms with E-state index in [0.717, 1.165) is 64.7 Å². The van der Waals surface area contributed by atoms with Gasteiger partial charge in [0.05, 0.1) is 0 Å². The quantitative estimate of drug-likeness (QED) is 0.645. The van der Waals surface area contributed by atoms with Crippen molar-refractivity contribution in [2.24, 2.45) is 0 Å². The molecule has 0 radical (unpaired) electrons. The van der Waals surface area contributed by atoms with Crippen LogP contribution in [0.1, 0.15) is 64.2 Å². The number of carbonyl (C=O) groups is 2. The predicted molar refractivity (Wildman–Crippen MR) is 90.1 cm³/mol. The summed E-state index contributed by atoms with van der Waals surface area (Å²) in [4.78, 5) is 27.7. The first-order valence-electron chi connectivity index (χ1n) is 9.40. The van der Waals surface area contributed by atoms with E-state index in [9.17, 15) is 9.59 Å². The molecule has 2 aliphatic rings. The van der Waals surface area contributed by atoms with Gasteiger partial charge in [0.2, 0.25) is 11.8 Å². The second kappa shape index (κ2) is 10.6. The molecule has 0 N–H and O–H groups in total. The van der Waals surface area contributed by atoms with E-state index in [4.69, 9.17) is 4.74 Å². The predicted octanol–water partition coefficient (Wildman–Crippen LogP) is 2.59. The number of hydrogen-bond donors (Lipinski definition) is 0. The molecule has 0 saturated carbocycles. The highest BCUT2D eigenvalue weighted by Crippen LogP contribution is 2.12. The van der Waals surface area contributed by atoms with Crippen molar-refractivity contribution in [1.29, 1.82) is 0 Å². The van der Waals surface area contributed by atoms with Crippen molar-refractivity contribution in [2.45, 2.75) is 64.2 Å². The lowest BCUT2D eigenvalue weighted by Gasteiger charge is -2.21. The first-order chi connectivity index (χ1) is 11.3. The summed E-state index contributed by atoms with van der Waals surface area (Å²) in [5.41, 5.74) is 0. The molecule has 5 nitrogen and oxygen atoms in total. The van der Waals surface area contributed by atoms with Gasteiger partial charge in [-0.05, 0) is 38.5 Å². The Morgan fingerprint density at radius 1 is 0.696 bits per heavy atom. The standard InChI is InChI=1S/C18H32N2O3/c21-17-9-3-1-5-11-19(17)13-7-15-23-16-8-14-20-12-6-2-4-10-18(20)22/h1-16H2. The summed E-state index contributed by atoms with van der Waals surface area (Å²) in [6, 6.07) is 0. The van der Waals surface area contributed by atoms with Crippen LogP contribution in [0.2, 0.25) is 0 Å². The average molecular weight is 324 g/mol. The van der Waals surface area contributed by atoms with Gasteiger partial charge in [-0.3, -0.25) is 9.59 Å². The van der Waals surface area contributed by atoms with Crippen LogP contribution >= 0.6 is 0 Å². The summed E-state index contributed by atoms with van der Waals surface area (Å²) in [6.45, 7) is 4.88. The van der Waals surface area contributed by atoms with Gasteiger partial charge in [0.1, 0.15) is 0 Å². The van der Waals surface area contributed by atoms with Crippen LogP contribution in [0.3, 0.4) is 0 Å². The van der Waals surface area contributed by atoms with Crippen molar-refractivity contribution < 1.29 is 14.3 Å². The zero-order chi connectivity index (χ0) is 16.3. The molecule has 2 fully saturated rings. The number of amides is 2. The summed E-state index contributed by atoms with van der Waals surface area (Å²) < 4.78 is 5.67. The minimum atomic E-state index is 0.308. The highest BCUT2D eigenvalue weighted by atomic mass is 16.5. The molecule has 2 saturated heterocycles. The van der Waals surface area contributed by atoms with Gasteiger partial charge < -0.3 is 14.5 Å². The van der Waals surface area contributed by atoms with Gasteiger partial charge in [-0.15, -0.1) is 0 Å². The van der Waals surface area contributed by atoms with Gasteiger partial charge in [-0.2, -0.15) is 0 Å². The molecule has 0 unspecified atom stereocenters. The maximum atomic E-state index is 11.9. The fraction of sp³-hybridized carbons (Fsp3) is 0.889. The highest BCUT2D eigenvalue weighted by Gasteiger charge is 2.16. The molecule has 2 rings (SSSR count). The fourth-order valence-corrected chi connectivity index (χ4v) is 3.37. The molecule has 2 amide bonds. The minimum Gasteiger partial charge on any atom is -0.381 e. The zero-order valence-electron chi connectivity index (χ0n) is 14.4. The topological polar surface area (TPSA) is 49.9 Å². The van der Waals surface area contributed by atoms with E-state index in [2.05, 4.69) is 0 Å². The largest absolute Gasteiger partial charge is 0.381 e. The Bertz CT molecular complexity index is 339. The first kappa shape index (κ1) is 18.2. The Morgan fingerprint density at radius 3 is 1.65 bits per heavy atom. The van der Waals surface area contributed by atoms with Gasteiger partial charge in [0, 0.05) is 52.2 Å². The summed E-state index contributed by atoms with van der Waals surface area (Å²) >= 11 is 0. The molecule has 23 heavy (non-hydrogen) atoms. The van der Waals surface area contributed by atoms with Gasteiger partial charge >= 0.3 is 0 Å². The second-order valence-electron chi connectivity index (χ2n) is 6.70. The number of hydrogen-bond acceptors (Lipinski definition) is 3. The van der Waals surface area contributed by atoms with Crippen molar-refractivity contribution in [3.8, 4) is 0 Å². The van der Waals surface area contributed by atoms with Crippen molar-refractivity contribution in [2.75, 3.05) is 39.4 Å². The van der Waals surface area contributed by atoms with Crippen molar-refractivity contribution in [3.63, 3.8) is 0 Å². The van der Waals surface area contributed by atoms with E-state index in [1.807, 2.05) is 9.80 Å². The molecular formula is C18H32N2O3. The molecule has 0 spiro atoms. The molecule has 0 aromatic heterocycles. The summed E-state index contributed by atoms with van der Waals surface area (Å²) in [6.07, 6.45) is 9.95. The molecular weight excluding hydrogens is 292 g/mol. The molecule has 0 aromatic carbocycles. The third-order valence-corrected chi connectivity index (χ3v) is 4.78. The molecule has 0 bridgehead atoms. The minimum absolute atomic E-state index is 0.308. The van der Waals surface area contributed by atoms with E-state index >= 15 is 0 Å². The molecule has 0 aliphatic carbocycles. The van der Waals surface area contributed by atoms with Gasteiger partial charge in [-0.25, -0.2) is 0 Å². The van der Waals surface area contributed by atoms with Crippen LogP contribution < -0.4 is 0 Å². The number of likely N-dealkylation sites (tertiary alicyclic amines) is 2. The Labute approximate surface area is 140 Å². The van der Waals surface area contributed by atoms with Crippen molar-refractivity contribution in [3.05, 3.63) is 0 Å². The average Bonchev–Trinajstić information content (AvgIpc) is 2.87. The molecule has 0 aromatic rings. The number of nitrogens with zero attached hydrogens (tertiary/aromatic N) is 2. The maximum absolute atomic E-state index is 11.9. The summed E-state index contributed by atoms with van der Waals surface area (Å²) in [5, 5.41) is 0. The molecule has 5 heteroatoms. The Morgan fingerprint density at radius 2 is 1.17 bits per heavy atom. The Kier molecular flexibility index (Phi) is 8.43.